The van der Waals surface area contributed by atoms with Gasteiger partial charge in [-0.3, -0.25) is 19.5 Å². The molecule has 21 heavy (non-hydrogen) atoms. The summed E-state index contributed by atoms with van der Waals surface area (Å²) < 4.78 is 6.95. The molecule has 2 aromatic heterocycles. The first-order valence-electron chi connectivity index (χ1n) is 6.70. The van der Waals surface area contributed by atoms with Crippen LogP contribution >= 0.6 is 0 Å². The third-order valence-corrected chi connectivity index (χ3v) is 3.48. The Morgan fingerprint density at radius 3 is 2.81 bits per heavy atom. The van der Waals surface area contributed by atoms with Crippen molar-refractivity contribution >= 4 is 17.0 Å². The Kier molecular flexibility index (Phi) is 3.67. The zero-order chi connectivity index (χ0) is 14.8. The first-order valence-corrected chi connectivity index (χ1v) is 6.70. The van der Waals surface area contributed by atoms with Crippen molar-refractivity contribution in [2.45, 2.75) is 6.54 Å². The topological polar surface area (TPSA) is 119 Å². The second kappa shape index (κ2) is 5.62. The van der Waals surface area contributed by atoms with E-state index in [1.54, 1.807) is 4.57 Å². The van der Waals surface area contributed by atoms with Crippen molar-refractivity contribution in [3.8, 4) is 0 Å². The summed E-state index contributed by atoms with van der Waals surface area (Å²) in [7, 11) is 0. The van der Waals surface area contributed by atoms with Crippen molar-refractivity contribution in [2.75, 3.05) is 38.6 Å². The molecule has 3 rings (SSSR count). The SMILES string of the molecule is Nc1nc(=O)c2ncn(CCN3CCOCC3)c2c(=O)[nH]1. The number of morpholine rings is 1. The minimum absolute atomic E-state index is 0.0370. The second-order valence-electron chi connectivity index (χ2n) is 4.85. The number of aromatic nitrogens is 4. The number of nitrogens with two attached hydrogens (primary N) is 1. The van der Waals surface area contributed by atoms with E-state index in [0.717, 1.165) is 19.6 Å². The van der Waals surface area contributed by atoms with E-state index in [0.29, 0.717) is 19.8 Å². The molecule has 0 spiro atoms. The molecule has 9 heteroatoms. The lowest BCUT2D eigenvalue weighted by Crippen LogP contribution is -2.38. The maximum Gasteiger partial charge on any atom is 0.301 e. The summed E-state index contributed by atoms with van der Waals surface area (Å²) in [6.07, 6.45) is 1.49. The number of aromatic amines is 1. The Bertz CT molecular complexity index is 762. The molecule has 1 fully saturated rings. The number of nitrogens with one attached hydrogen (secondary N) is 1. The number of ether oxygens (including phenoxy) is 1. The van der Waals surface area contributed by atoms with Crippen LogP contribution in [0, 0.1) is 0 Å². The number of imidazole rings is 1. The number of nitrogens with zero attached hydrogens (tertiary/aromatic N) is 4. The van der Waals surface area contributed by atoms with Crippen LogP contribution in [-0.2, 0) is 11.3 Å². The molecule has 0 amide bonds. The molecule has 0 unspecified atom stereocenters. The van der Waals surface area contributed by atoms with Gasteiger partial charge in [-0.1, -0.05) is 0 Å². The van der Waals surface area contributed by atoms with Crippen LogP contribution in [0.25, 0.3) is 11.0 Å². The van der Waals surface area contributed by atoms with Crippen LogP contribution in [0.5, 0.6) is 0 Å². The molecule has 1 aliphatic heterocycles. The Balaban J connectivity index is 1.93. The zero-order valence-corrected chi connectivity index (χ0v) is 11.4. The molecule has 112 valence electrons. The number of anilines is 1. The molecule has 0 radical (unpaired) electrons. The Labute approximate surface area is 119 Å². The van der Waals surface area contributed by atoms with Crippen LogP contribution in [0.2, 0.25) is 0 Å². The summed E-state index contributed by atoms with van der Waals surface area (Å²) in [6.45, 7) is 4.46. The van der Waals surface area contributed by atoms with Gasteiger partial charge in [0, 0.05) is 26.2 Å². The lowest BCUT2D eigenvalue weighted by molar-refractivity contribution is 0.0365. The Hall–Kier alpha value is -2.26. The highest BCUT2D eigenvalue weighted by molar-refractivity contribution is 5.72. The smallest absolute Gasteiger partial charge is 0.301 e. The molecule has 1 saturated heterocycles. The van der Waals surface area contributed by atoms with Gasteiger partial charge in [-0.2, -0.15) is 4.98 Å². The zero-order valence-electron chi connectivity index (χ0n) is 11.4. The van der Waals surface area contributed by atoms with Crippen LogP contribution in [0.15, 0.2) is 15.9 Å². The maximum absolute atomic E-state index is 12.1. The molecule has 9 nitrogen and oxygen atoms in total. The van der Waals surface area contributed by atoms with Gasteiger partial charge < -0.3 is 15.0 Å². The average molecular weight is 292 g/mol. The van der Waals surface area contributed by atoms with Gasteiger partial charge in [0.25, 0.3) is 5.56 Å². The number of fused-ring (bicyclic) bond motifs is 1. The number of hydrogen-bond donors (Lipinski definition) is 2. The molecule has 0 aliphatic carbocycles. The highest BCUT2D eigenvalue weighted by Gasteiger charge is 2.13. The third kappa shape index (κ3) is 2.78. The molecule has 2 aromatic rings. The largest absolute Gasteiger partial charge is 0.379 e. The van der Waals surface area contributed by atoms with E-state index in [4.69, 9.17) is 10.5 Å². The van der Waals surface area contributed by atoms with Crippen LogP contribution in [0.4, 0.5) is 5.95 Å². The maximum atomic E-state index is 12.1. The summed E-state index contributed by atoms with van der Waals surface area (Å²) in [5.41, 5.74) is 4.61. The van der Waals surface area contributed by atoms with Crippen molar-refractivity contribution in [1.29, 1.82) is 0 Å². The molecule has 3 N–H and O–H groups in total. The van der Waals surface area contributed by atoms with Gasteiger partial charge in [-0.05, 0) is 0 Å². The van der Waals surface area contributed by atoms with Crippen molar-refractivity contribution in [3.63, 3.8) is 0 Å². The van der Waals surface area contributed by atoms with E-state index in [1.165, 1.54) is 6.33 Å². The number of hydrogen-bond acceptors (Lipinski definition) is 7. The van der Waals surface area contributed by atoms with Gasteiger partial charge in [0.2, 0.25) is 5.95 Å². The van der Waals surface area contributed by atoms with Crippen molar-refractivity contribution in [2.24, 2.45) is 0 Å². The molecule has 0 aromatic carbocycles. The number of nitrogen functional groups attached to an aromatic ring is 1. The second-order valence-corrected chi connectivity index (χ2v) is 4.85. The van der Waals surface area contributed by atoms with E-state index in [9.17, 15) is 9.59 Å². The molecular weight excluding hydrogens is 276 g/mol. The molecular formula is C12H16N6O3. The summed E-state index contributed by atoms with van der Waals surface area (Å²) in [5, 5.41) is 0. The number of H-pyrrole nitrogens is 1. The fourth-order valence-corrected chi connectivity index (χ4v) is 2.39. The van der Waals surface area contributed by atoms with Gasteiger partial charge in [-0.25, -0.2) is 4.98 Å². The quantitative estimate of drug-likeness (QED) is 0.698. The number of rotatable bonds is 3. The molecule has 0 atom stereocenters. The van der Waals surface area contributed by atoms with Crippen molar-refractivity contribution in [1.82, 2.24) is 24.4 Å². The third-order valence-electron chi connectivity index (χ3n) is 3.48. The summed E-state index contributed by atoms with van der Waals surface area (Å²) >= 11 is 0. The highest BCUT2D eigenvalue weighted by Crippen LogP contribution is 2.04. The first-order chi connectivity index (χ1) is 10.1. The van der Waals surface area contributed by atoms with E-state index in [1.807, 2.05) is 0 Å². The van der Waals surface area contributed by atoms with E-state index in [-0.39, 0.29) is 17.0 Å². The van der Waals surface area contributed by atoms with Crippen molar-refractivity contribution in [3.05, 3.63) is 27.0 Å². The fraction of sp³-hybridized carbons (Fsp3) is 0.500. The summed E-state index contributed by atoms with van der Waals surface area (Å²) in [5.74, 6) is -0.206. The van der Waals surface area contributed by atoms with Gasteiger partial charge >= 0.3 is 5.56 Å². The average Bonchev–Trinajstić information content (AvgIpc) is 2.85. The lowest BCUT2D eigenvalue weighted by Gasteiger charge is -2.26. The molecule has 0 bridgehead atoms. The highest BCUT2D eigenvalue weighted by atomic mass is 16.5. The predicted octanol–water partition coefficient (Wildman–Crippen LogP) is -1.61. The Morgan fingerprint density at radius 2 is 2.05 bits per heavy atom. The van der Waals surface area contributed by atoms with Gasteiger partial charge in [0.1, 0.15) is 5.52 Å². The summed E-state index contributed by atoms with van der Waals surface area (Å²) in [6, 6.07) is 0. The van der Waals surface area contributed by atoms with E-state index >= 15 is 0 Å². The Morgan fingerprint density at radius 1 is 1.29 bits per heavy atom. The van der Waals surface area contributed by atoms with Gasteiger partial charge in [0.15, 0.2) is 5.52 Å². The van der Waals surface area contributed by atoms with Crippen LogP contribution in [-0.4, -0.2) is 57.3 Å². The van der Waals surface area contributed by atoms with Gasteiger partial charge in [0.05, 0.1) is 19.5 Å². The lowest BCUT2D eigenvalue weighted by atomic mass is 10.4. The standard InChI is InChI=1S/C12H16N6O3/c13-12-15-10(19)8-9(11(20)16-12)18(7-14-8)2-1-17-3-5-21-6-4-17/h7H,1-6H2,(H3,13,15,16,19,20). The van der Waals surface area contributed by atoms with E-state index < -0.39 is 11.1 Å². The molecule has 0 saturated carbocycles. The molecule has 3 heterocycles. The normalized spacial score (nSPS) is 16.4. The molecule has 1 aliphatic rings. The minimum atomic E-state index is -0.606. The van der Waals surface area contributed by atoms with Crippen LogP contribution in [0.1, 0.15) is 0 Å². The monoisotopic (exact) mass is 292 g/mol. The van der Waals surface area contributed by atoms with Crippen molar-refractivity contribution < 1.29 is 4.74 Å². The van der Waals surface area contributed by atoms with Crippen LogP contribution < -0.4 is 16.9 Å². The van der Waals surface area contributed by atoms with E-state index in [2.05, 4.69) is 19.9 Å². The van der Waals surface area contributed by atoms with Crippen LogP contribution in [0.3, 0.4) is 0 Å². The minimum Gasteiger partial charge on any atom is -0.379 e. The first kappa shape index (κ1) is 13.7. The van der Waals surface area contributed by atoms with Gasteiger partial charge in [-0.15, -0.1) is 0 Å². The predicted molar refractivity (Wildman–Crippen MR) is 76.1 cm³/mol. The summed E-state index contributed by atoms with van der Waals surface area (Å²) in [4.78, 5) is 36.0. The fourth-order valence-electron chi connectivity index (χ4n) is 2.39.